The summed E-state index contributed by atoms with van der Waals surface area (Å²) in [5, 5.41) is 0.109. The third kappa shape index (κ3) is 2.40. The van der Waals surface area contributed by atoms with E-state index < -0.39 is 10.0 Å². The summed E-state index contributed by atoms with van der Waals surface area (Å²) in [5.41, 5.74) is 0. The highest BCUT2D eigenvalue weighted by molar-refractivity contribution is 7.89. The molecule has 0 aliphatic carbocycles. The summed E-state index contributed by atoms with van der Waals surface area (Å²) >= 11 is 0. The Hall–Kier alpha value is -1.60. The van der Waals surface area contributed by atoms with Gasteiger partial charge in [-0.15, -0.1) is 0 Å². The summed E-state index contributed by atoms with van der Waals surface area (Å²) in [5.74, 6) is 2.18. The average molecular weight is 309 g/mol. The number of rotatable bonds is 3. The van der Waals surface area contributed by atoms with Crippen LogP contribution in [0.4, 0.5) is 0 Å². The highest BCUT2D eigenvalue weighted by Crippen LogP contribution is 2.36. The maximum atomic E-state index is 12.8. The molecule has 7 heteroatoms. The van der Waals surface area contributed by atoms with Crippen molar-refractivity contribution >= 4 is 10.0 Å². The van der Waals surface area contributed by atoms with Gasteiger partial charge in [-0.1, -0.05) is 0 Å². The van der Waals surface area contributed by atoms with Crippen molar-refractivity contribution in [3.05, 3.63) is 35.7 Å². The molecule has 1 fully saturated rings. The van der Waals surface area contributed by atoms with Crippen molar-refractivity contribution < 1.29 is 12.8 Å². The normalized spacial score (nSPS) is 20.2. The van der Waals surface area contributed by atoms with E-state index in [2.05, 4.69) is 4.98 Å². The molecule has 1 saturated heterocycles. The SMILES string of the molecule is Cc1ccc([C@H]2CCCN2S(=O)(=O)c2cn(C)c(C)n2)o1. The fourth-order valence-corrected chi connectivity index (χ4v) is 4.41. The minimum atomic E-state index is -3.59. The average Bonchev–Trinajstić information content (AvgIpc) is 3.10. The van der Waals surface area contributed by atoms with Crippen molar-refractivity contribution in [3.63, 3.8) is 0 Å². The summed E-state index contributed by atoms with van der Waals surface area (Å²) in [6.45, 7) is 4.15. The van der Waals surface area contributed by atoms with Crippen LogP contribution in [0.1, 0.15) is 36.2 Å². The molecule has 0 saturated carbocycles. The van der Waals surface area contributed by atoms with Crippen LogP contribution in [0.15, 0.2) is 27.8 Å². The molecule has 0 amide bonds. The monoisotopic (exact) mass is 309 g/mol. The lowest BCUT2D eigenvalue weighted by atomic mass is 10.2. The molecule has 1 aliphatic rings. The van der Waals surface area contributed by atoms with Crippen molar-refractivity contribution in [3.8, 4) is 0 Å². The zero-order valence-electron chi connectivity index (χ0n) is 12.4. The van der Waals surface area contributed by atoms with Crippen molar-refractivity contribution in [2.75, 3.05) is 6.54 Å². The second-order valence-corrected chi connectivity index (χ2v) is 7.30. The number of sulfonamides is 1. The van der Waals surface area contributed by atoms with Crippen LogP contribution in [0, 0.1) is 13.8 Å². The standard InChI is InChI=1S/C14H19N3O3S/c1-10-6-7-13(20-10)12-5-4-8-17(12)21(18,19)14-9-16(3)11(2)15-14/h6-7,9,12H,4-5,8H2,1-3H3/t12-/m1/s1. The Kier molecular flexibility index (Phi) is 3.41. The summed E-state index contributed by atoms with van der Waals surface area (Å²) < 4.78 is 34.4. The number of hydrogen-bond donors (Lipinski definition) is 0. The van der Waals surface area contributed by atoms with Crippen LogP contribution in [-0.2, 0) is 17.1 Å². The summed E-state index contributed by atoms with van der Waals surface area (Å²) in [6.07, 6.45) is 3.17. The van der Waals surface area contributed by atoms with Crippen molar-refractivity contribution in [2.45, 2.75) is 37.8 Å². The maximum Gasteiger partial charge on any atom is 0.262 e. The molecule has 0 radical (unpaired) electrons. The predicted octanol–water partition coefficient (Wildman–Crippen LogP) is 2.16. The number of hydrogen-bond acceptors (Lipinski definition) is 4. The first kappa shape index (κ1) is 14.3. The van der Waals surface area contributed by atoms with Crippen molar-refractivity contribution in [1.29, 1.82) is 0 Å². The van der Waals surface area contributed by atoms with Gasteiger partial charge in [0.05, 0.1) is 6.04 Å². The summed E-state index contributed by atoms with van der Waals surface area (Å²) in [6, 6.07) is 3.49. The molecule has 0 unspecified atom stereocenters. The fraction of sp³-hybridized carbons (Fsp3) is 0.500. The fourth-order valence-electron chi connectivity index (χ4n) is 2.72. The molecule has 1 atom stereocenters. The van der Waals surface area contributed by atoms with Gasteiger partial charge >= 0.3 is 0 Å². The largest absolute Gasteiger partial charge is 0.465 e. The molecule has 114 valence electrons. The molecule has 0 bridgehead atoms. The lowest BCUT2D eigenvalue weighted by Crippen LogP contribution is -2.30. The van der Waals surface area contributed by atoms with E-state index in [1.54, 1.807) is 24.7 Å². The first-order valence-corrected chi connectivity index (χ1v) is 8.42. The Bertz CT molecular complexity index is 741. The third-order valence-electron chi connectivity index (χ3n) is 3.95. The number of furan rings is 1. The molecule has 6 nitrogen and oxygen atoms in total. The lowest BCUT2D eigenvalue weighted by molar-refractivity contribution is 0.333. The number of aromatic nitrogens is 2. The molecule has 2 aromatic heterocycles. The highest BCUT2D eigenvalue weighted by atomic mass is 32.2. The van der Waals surface area contributed by atoms with E-state index in [0.29, 0.717) is 18.1 Å². The summed E-state index contributed by atoms with van der Waals surface area (Å²) in [7, 11) is -1.80. The minimum absolute atomic E-state index is 0.109. The first-order valence-electron chi connectivity index (χ1n) is 6.98. The number of aryl methyl sites for hydroxylation is 3. The van der Waals surface area contributed by atoms with Crippen LogP contribution in [0.3, 0.4) is 0 Å². The Balaban J connectivity index is 1.97. The zero-order chi connectivity index (χ0) is 15.2. The van der Waals surface area contributed by atoms with Gasteiger partial charge < -0.3 is 8.98 Å². The van der Waals surface area contributed by atoms with Gasteiger partial charge in [-0.3, -0.25) is 0 Å². The maximum absolute atomic E-state index is 12.8. The van der Waals surface area contributed by atoms with Crippen LogP contribution in [0.5, 0.6) is 0 Å². The van der Waals surface area contributed by atoms with E-state index in [-0.39, 0.29) is 11.1 Å². The Morgan fingerprint density at radius 1 is 1.33 bits per heavy atom. The van der Waals surface area contributed by atoms with E-state index >= 15 is 0 Å². The van der Waals surface area contributed by atoms with Crippen LogP contribution in [-0.4, -0.2) is 28.8 Å². The van der Waals surface area contributed by atoms with Crippen LogP contribution in [0.25, 0.3) is 0 Å². The molecule has 0 N–H and O–H groups in total. The molecule has 3 heterocycles. The van der Waals surface area contributed by atoms with E-state index in [1.165, 1.54) is 4.31 Å². The van der Waals surface area contributed by atoms with Gasteiger partial charge in [0.25, 0.3) is 10.0 Å². The lowest BCUT2D eigenvalue weighted by Gasteiger charge is -2.21. The van der Waals surface area contributed by atoms with Gasteiger partial charge in [-0.2, -0.15) is 4.31 Å². The van der Waals surface area contributed by atoms with E-state index in [0.717, 1.165) is 18.6 Å². The smallest absolute Gasteiger partial charge is 0.262 e. The van der Waals surface area contributed by atoms with Crippen LogP contribution in [0.2, 0.25) is 0 Å². The first-order chi connectivity index (χ1) is 9.89. The zero-order valence-corrected chi connectivity index (χ0v) is 13.2. The predicted molar refractivity (Wildman–Crippen MR) is 77.3 cm³/mol. The van der Waals surface area contributed by atoms with E-state index in [9.17, 15) is 8.42 Å². The van der Waals surface area contributed by atoms with E-state index in [1.807, 2.05) is 19.1 Å². The number of nitrogens with zero attached hydrogens (tertiary/aromatic N) is 3. The van der Waals surface area contributed by atoms with Crippen LogP contribution < -0.4 is 0 Å². The molecule has 2 aromatic rings. The van der Waals surface area contributed by atoms with Crippen LogP contribution >= 0.6 is 0 Å². The highest BCUT2D eigenvalue weighted by Gasteiger charge is 2.39. The third-order valence-corrected chi connectivity index (χ3v) is 5.73. The van der Waals surface area contributed by atoms with Gasteiger partial charge in [-0.05, 0) is 38.8 Å². The molecular formula is C14H19N3O3S. The molecule has 0 spiro atoms. The van der Waals surface area contributed by atoms with Crippen molar-refractivity contribution in [1.82, 2.24) is 13.9 Å². The molecule has 0 aromatic carbocycles. The van der Waals surface area contributed by atoms with E-state index in [4.69, 9.17) is 4.42 Å². The Morgan fingerprint density at radius 2 is 2.10 bits per heavy atom. The quantitative estimate of drug-likeness (QED) is 0.871. The molecule has 21 heavy (non-hydrogen) atoms. The molecule has 3 rings (SSSR count). The number of imidazole rings is 1. The Labute approximate surface area is 124 Å². The minimum Gasteiger partial charge on any atom is -0.465 e. The summed E-state index contributed by atoms with van der Waals surface area (Å²) in [4.78, 5) is 4.16. The van der Waals surface area contributed by atoms with Gasteiger partial charge in [0, 0.05) is 19.8 Å². The second kappa shape index (κ2) is 4.99. The molecular weight excluding hydrogens is 290 g/mol. The second-order valence-electron chi connectivity index (χ2n) is 5.46. The van der Waals surface area contributed by atoms with Gasteiger partial charge in [0.15, 0.2) is 5.03 Å². The molecule has 1 aliphatic heterocycles. The topological polar surface area (TPSA) is 68.3 Å². The van der Waals surface area contributed by atoms with Gasteiger partial charge in [0.2, 0.25) is 0 Å². The van der Waals surface area contributed by atoms with Gasteiger partial charge in [0.1, 0.15) is 17.3 Å². The Morgan fingerprint density at radius 3 is 2.67 bits per heavy atom. The van der Waals surface area contributed by atoms with Crippen molar-refractivity contribution in [2.24, 2.45) is 7.05 Å². The van der Waals surface area contributed by atoms with Gasteiger partial charge in [-0.25, -0.2) is 13.4 Å².